The van der Waals surface area contributed by atoms with Crippen molar-refractivity contribution in [2.24, 2.45) is 0 Å². The van der Waals surface area contributed by atoms with Crippen molar-refractivity contribution in [2.45, 2.75) is 37.6 Å². The summed E-state index contributed by atoms with van der Waals surface area (Å²) < 4.78 is 5.60. The van der Waals surface area contributed by atoms with Gasteiger partial charge in [0.15, 0.2) is 12.4 Å². The molecular formula is C23H24N2O3. The molecule has 0 N–H and O–H groups in total. The van der Waals surface area contributed by atoms with Crippen molar-refractivity contribution in [1.82, 2.24) is 4.90 Å². The third-order valence-corrected chi connectivity index (χ3v) is 5.42. The Balaban J connectivity index is 1.59. The number of hydrogen-bond donors (Lipinski definition) is 0. The molecule has 144 valence electrons. The van der Waals surface area contributed by atoms with Crippen LogP contribution in [0.2, 0.25) is 0 Å². The molecule has 0 atom stereocenters. The van der Waals surface area contributed by atoms with Crippen LogP contribution in [-0.4, -0.2) is 35.8 Å². The lowest BCUT2D eigenvalue weighted by Crippen LogP contribution is -2.51. The van der Waals surface area contributed by atoms with E-state index >= 15 is 0 Å². The fourth-order valence-electron chi connectivity index (χ4n) is 3.60. The molecule has 3 rings (SSSR count). The summed E-state index contributed by atoms with van der Waals surface area (Å²) in [5.41, 5.74) is 0.472. The zero-order chi connectivity index (χ0) is 20.0. The molecule has 5 nitrogen and oxygen atoms in total. The standard InChI is InChI=1S/C23H24N2O3/c1-25(23(17-24)14-6-3-7-15-23)21(26)16-28-20-12-10-19(11-13-20)22(27)18-8-4-2-5-9-18/h2,4-5,8-13H,3,6-7,14-16H2,1H3. The van der Waals surface area contributed by atoms with E-state index in [-0.39, 0.29) is 18.3 Å². The Labute approximate surface area is 165 Å². The number of benzene rings is 2. The number of nitriles is 1. The number of hydrogen-bond acceptors (Lipinski definition) is 4. The number of carbonyl (C=O) groups is 2. The number of carbonyl (C=O) groups excluding carboxylic acids is 2. The van der Waals surface area contributed by atoms with Crippen LogP contribution in [0.3, 0.4) is 0 Å². The molecule has 1 fully saturated rings. The maximum absolute atomic E-state index is 12.5. The summed E-state index contributed by atoms with van der Waals surface area (Å²) in [6, 6.07) is 18.2. The molecule has 28 heavy (non-hydrogen) atoms. The molecular weight excluding hydrogens is 352 g/mol. The van der Waals surface area contributed by atoms with E-state index < -0.39 is 5.54 Å². The molecule has 2 aromatic rings. The second-order valence-corrected chi connectivity index (χ2v) is 7.17. The van der Waals surface area contributed by atoms with E-state index in [2.05, 4.69) is 6.07 Å². The Morgan fingerprint density at radius 3 is 2.21 bits per heavy atom. The van der Waals surface area contributed by atoms with Crippen molar-refractivity contribution in [3.8, 4) is 11.8 Å². The fraction of sp³-hybridized carbons (Fsp3) is 0.348. The number of amides is 1. The van der Waals surface area contributed by atoms with Gasteiger partial charge < -0.3 is 9.64 Å². The number of ether oxygens (including phenoxy) is 1. The molecule has 1 aliphatic carbocycles. The van der Waals surface area contributed by atoms with E-state index in [9.17, 15) is 14.9 Å². The summed E-state index contributed by atoms with van der Waals surface area (Å²) >= 11 is 0. The molecule has 0 unspecified atom stereocenters. The first-order valence-electron chi connectivity index (χ1n) is 9.56. The van der Waals surface area contributed by atoms with Crippen LogP contribution < -0.4 is 4.74 Å². The average molecular weight is 376 g/mol. The zero-order valence-electron chi connectivity index (χ0n) is 16.1. The number of rotatable bonds is 6. The first kappa shape index (κ1) is 19.6. The minimum absolute atomic E-state index is 0.0591. The summed E-state index contributed by atoms with van der Waals surface area (Å²) in [7, 11) is 1.68. The third kappa shape index (κ3) is 4.23. The highest BCUT2D eigenvalue weighted by atomic mass is 16.5. The van der Waals surface area contributed by atoms with Crippen molar-refractivity contribution in [2.75, 3.05) is 13.7 Å². The van der Waals surface area contributed by atoms with E-state index in [1.165, 1.54) is 0 Å². The van der Waals surface area contributed by atoms with Crippen LogP contribution in [0, 0.1) is 11.3 Å². The molecule has 0 bridgehead atoms. The van der Waals surface area contributed by atoms with Crippen LogP contribution in [-0.2, 0) is 4.79 Å². The van der Waals surface area contributed by atoms with Gasteiger partial charge in [0, 0.05) is 18.2 Å². The molecule has 5 heteroatoms. The van der Waals surface area contributed by atoms with Gasteiger partial charge in [-0.25, -0.2) is 0 Å². The molecule has 0 radical (unpaired) electrons. The van der Waals surface area contributed by atoms with E-state index in [0.717, 1.165) is 19.3 Å². The maximum Gasteiger partial charge on any atom is 0.261 e. The maximum atomic E-state index is 12.5. The third-order valence-electron chi connectivity index (χ3n) is 5.42. The van der Waals surface area contributed by atoms with Crippen molar-refractivity contribution < 1.29 is 14.3 Å². The first-order valence-corrected chi connectivity index (χ1v) is 9.56. The minimum Gasteiger partial charge on any atom is -0.484 e. The molecule has 0 spiro atoms. The lowest BCUT2D eigenvalue weighted by molar-refractivity contribution is -0.137. The van der Waals surface area contributed by atoms with E-state index in [1.807, 2.05) is 18.2 Å². The van der Waals surface area contributed by atoms with Gasteiger partial charge in [0.2, 0.25) is 0 Å². The van der Waals surface area contributed by atoms with Gasteiger partial charge in [-0.05, 0) is 37.1 Å². The summed E-state index contributed by atoms with van der Waals surface area (Å²) in [6.45, 7) is -0.133. The van der Waals surface area contributed by atoms with Crippen LogP contribution in [0.4, 0.5) is 0 Å². The number of nitrogens with zero attached hydrogens (tertiary/aromatic N) is 2. The molecule has 1 amide bonds. The van der Waals surface area contributed by atoms with Gasteiger partial charge in [-0.1, -0.05) is 49.6 Å². The molecule has 1 saturated carbocycles. The topological polar surface area (TPSA) is 70.4 Å². The monoisotopic (exact) mass is 376 g/mol. The van der Waals surface area contributed by atoms with Gasteiger partial charge in [0.1, 0.15) is 11.3 Å². The van der Waals surface area contributed by atoms with Gasteiger partial charge in [0.05, 0.1) is 6.07 Å². The fourth-order valence-corrected chi connectivity index (χ4v) is 3.60. The van der Waals surface area contributed by atoms with Gasteiger partial charge in [-0.3, -0.25) is 9.59 Å². The van der Waals surface area contributed by atoms with Crippen molar-refractivity contribution >= 4 is 11.7 Å². The lowest BCUT2D eigenvalue weighted by Gasteiger charge is -2.38. The van der Waals surface area contributed by atoms with Crippen LogP contribution in [0.25, 0.3) is 0 Å². The second-order valence-electron chi connectivity index (χ2n) is 7.17. The van der Waals surface area contributed by atoms with Gasteiger partial charge in [0.25, 0.3) is 5.91 Å². The summed E-state index contributed by atoms with van der Waals surface area (Å²) in [5.74, 6) is 0.241. The molecule has 0 aromatic heterocycles. The molecule has 0 heterocycles. The van der Waals surface area contributed by atoms with E-state index in [0.29, 0.717) is 29.7 Å². The highest BCUT2D eigenvalue weighted by Crippen LogP contribution is 2.32. The molecule has 1 aliphatic rings. The quantitative estimate of drug-likeness (QED) is 0.715. The summed E-state index contributed by atoms with van der Waals surface area (Å²) in [4.78, 5) is 26.5. The predicted octanol–water partition coefficient (Wildman–Crippen LogP) is 3.98. The first-order chi connectivity index (χ1) is 13.6. The van der Waals surface area contributed by atoms with Gasteiger partial charge in [-0.2, -0.15) is 5.26 Å². The summed E-state index contributed by atoms with van der Waals surface area (Å²) in [5, 5.41) is 9.61. The smallest absolute Gasteiger partial charge is 0.261 e. The molecule has 0 aliphatic heterocycles. The Hall–Kier alpha value is -3.13. The Morgan fingerprint density at radius 1 is 1.00 bits per heavy atom. The normalized spacial score (nSPS) is 15.3. The molecule has 2 aromatic carbocycles. The highest BCUT2D eigenvalue weighted by Gasteiger charge is 2.38. The lowest BCUT2D eigenvalue weighted by atomic mass is 9.81. The second kappa shape index (κ2) is 8.71. The van der Waals surface area contributed by atoms with Gasteiger partial charge in [-0.15, -0.1) is 0 Å². The number of likely N-dealkylation sites (N-methyl/N-ethyl adjacent to an activating group) is 1. The van der Waals surface area contributed by atoms with Crippen LogP contribution in [0.5, 0.6) is 5.75 Å². The highest BCUT2D eigenvalue weighted by molar-refractivity contribution is 6.08. The Morgan fingerprint density at radius 2 is 1.61 bits per heavy atom. The van der Waals surface area contributed by atoms with Crippen molar-refractivity contribution in [3.63, 3.8) is 0 Å². The SMILES string of the molecule is CN(C(=O)COc1ccc(C(=O)c2ccccc2)cc1)C1(C#N)CCCCC1. The Bertz CT molecular complexity index is 863. The van der Waals surface area contributed by atoms with Crippen LogP contribution in [0.1, 0.15) is 48.0 Å². The van der Waals surface area contributed by atoms with E-state index in [4.69, 9.17) is 4.74 Å². The van der Waals surface area contributed by atoms with Crippen molar-refractivity contribution in [3.05, 3.63) is 65.7 Å². The largest absolute Gasteiger partial charge is 0.484 e. The minimum atomic E-state index is -0.718. The number of ketones is 1. The Kier molecular flexibility index (Phi) is 6.10. The van der Waals surface area contributed by atoms with Crippen molar-refractivity contribution in [1.29, 1.82) is 5.26 Å². The van der Waals surface area contributed by atoms with Crippen LogP contribution in [0.15, 0.2) is 54.6 Å². The van der Waals surface area contributed by atoms with E-state index in [1.54, 1.807) is 48.3 Å². The molecule has 0 saturated heterocycles. The summed E-state index contributed by atoms with van der Waals surface area (Å²) in [6.07, 6.45) is 4.45. The average Bonchev–Trinajstić information content (AvgIpc) is 2.77. The zero-order valence-corrected chi connectivity index (χ0v) is 16.1. The predicted molar refractivity (Wildman–Crippen MR) is 106 cm³/mol. The van der Waals surface area contributed by atoms with Gasteiger partial charge >= 0.3 is 0 Å². The van der Waals surface area contributed by atoms with Crippen LogP contribution >= 0.6 is 0 Å².